The van der Waals surface area contributed by atoms with Crippen molar-refractivity contribution in [3.63, 3.8) is 0 Å². The summed E-state index contributed by atoms with van der Waals surface area (Å²) in [6.07, 6.45) is 1.73. The van der Waals surface area contributed by atoms with E-state index in [0.29, 0.717) is 31.3 Å². The van der Waals surface area contributed by atoms with Crippen molar-refractivity contribution in [2.75, 3.05) is 37.7 Å². The lowest BCUT2D eigenvalue weighted by Crippen LogP contribution is -2.41. The minimum absolute atomic E-state index is 0.0142. The van der Waals surface area contributed by atoms with E-state index in [2.05, 4.69) is 5.32 Å². The summed E-state index contributed by atoms with van der Waals surface area (Å²) in [5.74, 6) is 0.748. The van der Waals surface area contributed by atoms with Crippen molar-refractivity contribution in [2.45, 2.75) is 26.7 Å². The molecule has 0 atom stereocenters. The molecule has 1 aliphatic heterocycles. The van der Waals surface area contributed by atoms with Crippen LogP contribution in [0.5, 0.6) is 5.75 Å². The fourth-order valence-corrected chi connectivity index (χ4v) is 2.68. The van der Waals surface area contributed by atoms with Gasteiger partial charge in [-0.3, -0.25) is 4.79 Å². The zero-order valence-corrected chi connectivity index (χ0v) is 14.5. The van der Waals surface area contributed by atoms with Crippen LogP contribution in [0.15, 0.2) is 18.2 Å². The number of fused-ring (bicyclic) bond motifs is 1. The van der Waals surface area contributed by atoms with Gasteiger partial charge >= 0.3 is 0 Å². The maximum Gasteiger partial charge on any atom is 0.239 e. The zero-order valence-electron chi connectivity index (χ0n) is 13.8. The summed E-state index contributed by atoms with van der Waals surface area (Å²) in [5.41, 5.74) is 0.769. The van der Waals surface area contributed by atoms with Gasteiger partial charge in [0.1, 0.15) is 12.4 Å². The van der Waals surface area contributed by atoms with Crippen molar-refractivity contribution in [1.82, 2.24) is 5.32 Å². The Morgan fingerprint density at radius 3 is 3.00 bits per heavy atom. The molecule has 5 nitrogen and oxygen atoms in total. The number of anilines is 1. The van der Waals surface area contributed by atoms with Crippen molar-refractivity contribution in [3.8, 4) is 5.75 Å². The maximum atomic E-state index is 12.1. The van der Waals surface area contributed by atoms with Crippen LogP contribution >= 0.6 is 11.6 Å². The molecule has 2 N–H and O–H groups in total. The molecule has 0 unspecified atom stereocenters. The highest BCUT2D eigenvalue weighted by Gasteiger charge is 2.21. The third kappa shape index (κ3) is 5.29. The average molecular weight is 341 g/mol. The average Bonchev–Trinajstić information content (AvgIpc) is 2.52. The van der Waals surface area contributed by atoms with Crippen LogP contribution < -0.4 is 15.0 Å². The first-order valence-electron chi connectivity index (χ1n) is 7.96. The number of nitrogens with zero attached hydrogens (tertiary/aromatic N) is 1. The minimum atomic E-state index is -0.0926. The number of rotatable bonds is 7. The minimum Gasteiger partial charge on any atom is -0.490 e. The number of amides is 1. The van der Waals surface area contributed by atoms with Gasteiger partial charge in [-0.05, 0) is 36.5 Å². The van der Waals surface area contributed by atoms with E-state index in [1.54, 1.807) is 6.07 Å². The molecule has 0 saturated carbocycles. The molecular formula is C17H25ClN2O3. The molecule has 1 aliphatic rings. The Hall–Kier alpha value is -1.46. The van der Waals surface area contributed by atoms with Gasteiger partial charge in [-0.15, -0.1) is 0 Å². The van der Waals surface area contributed by atoms with Crippen LogP contribution in [0, 0.1) is 5.41 Å². The molecule has 23 heavy (non-hydrogen) atoms. The summed E-state index contributed by atoms with van der Waals surface area (Å²) in [7, 11) is 0. The number of aliphatic hydroxyl groups excluding tert-OH is 1. The molecule has 1 aromatic carbocycles. The number of carbonyl (C=O) groups excluding carboxylic acids is 1. The third-order valence-corrected chi connectivity index (χ3v) is 4.23. The predicted molar refractivity (Wildman–Crippen MR) is 92.3 cm³/mol. The quantitative estimate of drug-likeness (QED) is 0.748. The normalized spacial score (nSPS) is 14.2. The number of nitrogens with one attached hydrogen (secondary N) is 1. The van der Waals surface area contributed by atoms with Crippen LogP contribution in [0.2, 0.25) is 5.02 Å². The molecule has 1 heterocycles. The molecule has 0 aliphatic carbocycles. The van der Waals surface area contributed by atoms with E-state index >= 15 is 0 Å². The molecule has 6 heteroatoms. The summed E-state index contributed by atoms with van der Waals surface area (Å²) in [6, 6.07) is 5.44. The van der Waals surface area contributed by atoms with Crippen LogP contribution in [0.4, 0.5) is 5.69 Å². The SMILES string of the molecule is CC(C)(CO)CCCNC(=O)CN1CCOc2ccc(Cl)cc21. The fraction of sp³-hybridized carbons (Fsp3) is 0.588. The van der Waals surface area contributed by atoms with E-state index in [-0.39, 0.29) is 17.9 Å². The molecule has 0 saturated heterocycles. The highest BCUT2D eigenvalue weighted by atomic mass is 35.5. The molecule has 0 aromatic heterocycles. The first-order chi connectivity index (χ1) is 10.9. The van der Waals surface area contributed by atoms with E-state index in [4.69, 9.17) is 16.3 Å². The standard InChI is InChI=1S/C17H25ClN2O3/c1-17(2,12-21)6-3-7-19-16(22)11-20-8-9-23-15-5-4-13(18)10-14(15)20/h4-5,10,21H,3,6-9,11-12H2,1-2H3,(H,19,22). The van der Waals surface area contributed by atoms with Gasteiger partial charge in [0.15, 0.2) is 0 Å². The summed E-state index contributed by atoms with van der Waals surface area (Å²) in [4.78, 5) is 14.1. The molecule has 0 spiro atoms. The van der Waals surface area contributed by atoms with Crippen molar-refractivity contribution in [2.24, 2.45) is 5.41 Å². The van der Waals surface area contributed by atoms with Crippen LogP contribution in [0.25, 0.3) is 0 Å². The summed E-state index contributed by atoms with van der Waals surface area (Å²) in [5, 5.41) is 12.8. The molecular weight excluding hydrogens is 316 g/mol. The Morgan fingerprint density at radius 2 is 2.26 bits per heavy atom. The third-order valence-electron chi connectivity index (χ3n) is 4.00. The smallest absolute Gasteiger partial charge is 0.239 e. The number of hydrogen-bond donors (Lipinski definition) is 2. The van der Waals surface area contributed by atoms with E-state index < -0.39 is 0 Å². The lowest BCUT2D eigenvalue weighted by Gasteiger charge is -2.30. The first-order valence-corrected chi connectivity index (χ1v) is 8.34. The van der Waals surface area contributed by atoms with Gasteiger partial charge < -0.3 is 20.1 Å². The van der Waals surface area contributed by atoms with E-state index in [1.807, 2.05) is 30.9 Å². The highest BCUT2D eigenvalue weighted by molar-refractivity contribution is 6.31. The largest absolute Gasteiger partial charge is 0.490 e. The Balaban J connectivity index is 1.82. The number of halogens is 1. The molecule has 1 aromatic rings. The topological polar surface area (TPSA) is 61.8 Å². The summed E-state index contributed by atoms with van der Waals surface area (Å²) >= 11 is 6.03. The second kappa shape index (κ2) is 7.88. The Morgan fingerprint density at radius 1 is 1.48 bits per heavy atom. The maximum absolute atomic E-state index is 12.1. The lowest BCUT2D eigenvalue weighted by molar-refractivity contribution is -0.119. The Bertz CT molecular complexity index is 549. The Kier molecular flexibility index (Phi) is 6.13. The second-order valence-corrected chi connectivity index (χ2v) is 7.09. The van der Waals surface area contributed by atoms with E-state index in [9.17, 15) is 9.90 Å². The van der Waals surface area contributed by atoms with Gasteiger partial charge in [0, 0.05) is 18.2 Å². The summed E-state index contributed by atoms with van der Waals surface area (Å²) in [6.45, 7) is 6.33. The van der Waals surface area contributed by atoms with Gasteiger partial charge in [-0.1, -0.05) is 25.4 Å². The number of aliphatic hydroxyl groups is 1. The van der Waals surface area contributed by atoms with E-state index in [1.165, 1.54) is 0 Å². The molecule has 2 rings (SSSR count). The van der Waals surface area contributed by atoms with Gasteiger partial charge in [-0.25, -0.2) is 0 Å². The number of ether oxygens (including phenoxy) is 1. The van der Waals surface area contributed by atoms with Crippen LogP contribution in [-0.4, -0.2) is 43.9 Å². The van der Waals surface area contributed by atoms with Crippen molar-refractivity contribution in [1.29, 1.82) is 0 Å². The van der Waals surface area contributed by atoms with Crippen molar-refractivity contribution in [3.05, 3.63) is 23.2 Å². The molecule has 0 bridgehead atoms. The van der Waals surface area contributed by atoms with Crippen LogP contribution in [-0.2, 0) is 4.79 Å². The van der Waals surface area contributed by atoms with Gasteiger partial charge in [0.2, 0.25) is 5.91 Å². The van der Waals surface area contributed by atoms with Gasteiger partial charge in [0.25, 0.3) is 0 Å². The van der Waals surface area contributed by atoms with Crippen LogP contribution in [0.3, 0.4) is 0 Å². The van der Waals surface area contributed by atoms with Gasteiger partial charge in [-0.2, -0.15) is 0 Å². The lowest BCUT2D eigenvalue weighted by atomic mass is 9.89. The second-order valence-electron chi connectivity index (χ2n) is 6.66. The van der Waals surface area contributed by atoms with Crippen molar-refractivity contribution < 1.29 is 14.6 Å². The predicted octanol–water partition coefficient (Wildman–Crippen LogP) is 2.45. The molecule has 1 amide bonds. The Labute approximate surface area is 142 Å². The van der Waals surface area contributed by atoms with Crippen molar-refractivity contribution >= 4 is 23.2 Å². The summed E-state index contributed by atoms with van der Waals surface area (Å²) < 4.78 is 5.58. The first kappa shape index (κ1) is 17.9. The number of hydrogen-bond acceptors (Lipinski definition) is 4. The van der Waals surface area contributed by atoms with Crippen LogP contribution in [0.1, 0.15) is 26.7 Å². The number of carbonyl (C=O) groups is 1. The molecule has 0 fully saturated rings. The monoisotopic (exact) mass is 340 g/mol. The molecule has 0 radical (unpaired) electrons. The number of benzene rings is 1. The van der Waals surface area contributed by atoms with Gasteiger partial charge in [0.05, 0.1) is 18.8 Å². The van der Waals surface area contributed by atoms with E-state index in [0.717, 1.165) is 24.3 Å². The molecule has 128 valence electrons. The highest BCUT2D eigenvalue weighted by Crippen LogP contribution is 2.33. The zero-order chi connectivity index (χ0) is 16.9. The fourth-order valence-electron chi connectivity index (χ4n) is 2.51.